The van der Waals surface area contributed by atoms with E-state index in [-0.39, 0.29) is 25.5 Å². The van der Waals surface area contributed by atoms with E-state index >= 15 is 0 Å². The molecule has 1 aromatic rings. The van der Waals surface area contributed by atoms with Crippen molar-refractivity contribution >= 4 is 11.9 Å². The van der Waals surface area contributed by atoms with Crippen molar-refractivity contribution < 1.29 is 24.2 Å². The molecule has 1 aromatic carbocycles. The van der Waals surface area contributed by atoms with Crippen LogP contribution in [0.5, 0.6) is 11.5 Å². The summed E-state index contributed by atoms with van der Waals surface area (Å²) in [5, 5.41) is 11.9. The first-order valence-corrected chi connectivity index (χ1v) is 7.39. The smallest absolute Gasteiger partial charge is 0.305 e. The number of hydrogen-bond donors (Lipinski definition) is 2. The number of hydrogen-bond acceptors (Lipinski definition) is 4. The lowest BCUT2D eigenvalue weighted by Crippen LogP contribution is -2.49. The topological polar surface area (TPSA) is 84.9 Å². The van der Waals surface area contributed by atoms with Gasteiger partial charge >= 0.3 is 5.97 Å². The molecular weight excluding hydrogens is 286 g/mol. The number of fused-ring (bicyclic) bond motifs is 1. The van der Waals surface area contributed by atoms with Crippen molar-refractivity contribution in [2.75, 3.05) is 6.79 Å². The van der Waals surface area contributed by atoms with Crippen molar-refractivity contribution in [2.45, 2.75) is 45.1 Å². The van der Waals surface area contributed by atoms with Gasteiger partial charge in [0.1, 0.15) is 0 Å². The Bertz CT molecular complexity index is 566. The van der Waals surface area contributed by atoms with Crippen LogP contribution in [0.3, 0.4) is 0 Å². The van der Waals surface area contributed by atoms with Crippen molar-refractivity contribution in [3.8, 4) is 11.5 Å². The van der Waals surface area contributed by atoms with Crippen LogP contribution < -0.4 is 14.8 Å². The molecule has 0 aliphatic carbocycles. The predicted molar refractivity (Wildman–Crippen MR) is 80.0 cm³/mol. The van der Waals surface area contributed by atoms with Gasteiger partial charge in [-0.3, -0.25) is 9.59 Å². The maximum Gasteiger partial charge on any atom is 0.305 e. The van der Waals surface area contributed by atoms with Crippen LogP contribution in [-0.4, -0.2) is 29.3 Å². The molecule has 1 heterocycles. The van der Waals surface area contributed by atoms with Gasteiger partial charge in [0.25, 0.3) is 0 Å². The van der Waals surface area contributed by atoms with E-state index in [9.17, 15) is 9.59 Å². The zero-order valence-corrected chi connectivity index (χ0v) is 12.8. The number of amides is 1. The molecule has 6 heteroatoms. The summed E-state index contributed by atoms with van der Waals surface area (Å²) in [6.45, 7) is 3.96. The largest absolute Gasteiger partial charge is 0.481 e. The predicted octanol–water partition coefficient (Wildman–Crippen LogP) is 2.11. The summed E-state index contributed by atoms with van der Waals surface area (Å²) in [5.74, 6) is 0.204. The molecule has 0 saturated carbocycles. The van der Waals surface area contributed by atoms with E-state index in [1.54, 1.807) is 12.1 Å². The van der Waals surface area contributed by atoms with Crippen molar-refractivity contribution in [1.29, 1.82) is 0 Å². The Morgan fingerprint density at radius 3 is 2.55 bits per heavy atom. The summed E-state index contributed by atoms with van der Waals surface area (Å²) >= 11 is 0. The molecule has 0 atom stereocenters. The first-order chi connectivity index (χ1) is 10.5. The van der Waals surface area contributed by atoms with Crippen LogP contribution in [0.1, 0.15) is 38.7 Å². The number of carboxylic acids is 1. The number of carbonyl (C=O) groups is 2. The molecule has 0 saturated heterocycles. The Morgan fingerprint density at radius 1 is 1.23 bits per heavy atom. The fraction of sp³-hybridized carbons (Fsp3) is 0.500. The van der Waals surface area contributed by atoms with Crippen LogP contribution >= 0.6 is 0 Å². The van der Waals surface area contributed by atoms with E-state index in [2.05, 4.69) is 5.32 Å². The quantitative estimate of drug-likeness (QED) is 0.806. The fourth-order valence-corrected chi connectivity index (χ4v) is 2.59. The molecular formula is C16H21NO5. The van der Waals surface area contributed by atoms with Crippen LogP contribution in [0.25, 0.3) is 0 Å². The number of ether oxygens (including phenoxy) is 2. The summed E-state index contributed by atoms with van der Waals surface area (Å²) < 4.78 is 10.5. The molecule has 2 rings (SSSR count). The Kier molecular flexibility index (Phi) is 4.90. The minimum Gasteiger partial charge on any atom is -0.481 e. The lowest BCUT2D eigenvalue weighted by molar-refractivity contribution is -0.139. The summed E-state index contributed by atoms with van der Waals surface area (Å²) in [7, 11) is 0. The van der Waals surface area contributed by atoms with Gasteiger partial charge < -0.3 is 19.9 Å². The second kappa shape index (κ2) is 6.68. The highest BCUT2D eigenvalue weighted by Gasteiger charge is 2.31. The van der Waals surface area contributed by atoms with E-state index in [0.29, 0.717) is 24.3 Å². The minimum absolute atomic E-state index is 0.0765. The molecule has 6 nitrogen and oxygen atoms in total. The van der Waals surface area contributed by atoms with Crippen LogP contribution in [0.15, 0.2) is 18.2 Å². The van der Waals surface area contributed by atoms with Crippen molar-refractivity contribution in [3.63, 3.8) is 0 Å². The molecule has 0 aromatic heterocycles. The summed E-state index contributed by atoms with van der Waals surface area (Å²) in [4.78, 5) is 23.3. The summed E-state index contributed by atoms with van der Waals surface area (Å²) in [6.07, 6.45) is 1.25. The summed E-state index contributed by atoms with van der Waals surface area (Å²) in [6, 6.07) is 5.36. The van der Waals surface area contributed by atoms with E-state index < -0.39 is 11.5 Å². The van der Waals surface area contributed by atoms with Crippen molar-refractivity contribution in [1.82, 2.24) is 5.32 Å². The highest BCUT2D eigenvalue weighted by molar-refractivity contribution is 5.80. The Labute approximate surface area is 129 Å². The molecule has 1 amide bonds. The van der Waals surface area contributed by atoms with Crippen molar-refractivity contribution in [3.05, 3.63) is 23.8 Å². The molecule has 2 N–H and O–H groups in total. The molecule has 1 aliphatic rings. The van der Waals surface area contributed by atoms with Gasteiger partial charge in [0, 0.05) is 5.54 Å². The lowest BCUT2D eigenvalue weighted by atomic mass is 9.88. The summed E-state index contributed by atoms with van der Waals surface area (Å²) in [5.41, 5.74) is 0.109. The van der Waals surface area contributed by atoms with Gasteiger partial charge in [0.2, 0.25) is 12.7 Å². The van der Waals surface area contributed by atoms with Crippen LogP contribution in [0, 0.1) is 0 Å². The average Bonchev–Trinajstić information content (AvgIpc) is 2.93. The fourth-order valence-electron chi connectivity index (χ4n) is 2.59. The third-order valence-corrected chi connectivity index (χ3v) is 4.05. The molecule has 0 radical (unpaired) electrons. The molecule has 0 spiro atoms. The molecule has 22 heavy (non-hydrogen) atoms. The average molecular weight is 307 g/mol. The zero-order valence-electron chi connectivity index (χ0n) is 12.8. The Morgan fingerprint density at radius 2 is 1.91 bits per heavy atom. The number of carboxylic acid groups (broad SMARTS) is 1. The molecule has 1 aliphatic heterocycles. The van der Waals surface area contributed by atoms with Gasteiger partial charge in [-0.2, -0.15) is 0 Å². The normalized spacial score (nSPS) is 13.0. The van der Waals surface area contributed by atoms with Crippen LogP contribution in [0.4, 0.5) is 0 Å². The third-order valence-electron chi connectivity index (χ3n) is 4.05. The molecule has 0 unspecified atom stereocenters. The lowest BCUT2D eigenvalue weighted by Gasteiger charge is -2.31. The maximum atomic E-state index is 12.3. The number of nitrogens with one attached hydrogen (secondary N) is 1. The van der Waals surface area contributed by atoms with Gasteiger partial charge in [-0.1, -0.05) is 19.9 Å². The van der Waals surface area contributed by atoms with E-state index in [4.69, 9.17) is 14.6 Å². The van der Waals surface area contributed by atoms with Gasteiger partial charge in [0.05, 0.1) is 12.8 Å². The minimum atomic E-state index is -0.910. The van der Waals surface area contributed by atoms with E-state index in [1.165, 1.54) is 0 Å². The second-order valence-electron chi connectivity index (χ2n) is 5.47. The first-order valence-electron chi connectivity index (χ1n) is 7.39. The second-order valence-corrected chi connectivity index (χ2v) is 5.47. The van der Waals surface area contributed by atoms with Gasteiger partial charge in [-0.05, 0) is 30.5 Å². The van der Waals surface area contributed by atoms with Gasteiger partial charge in [0.15, 0.2) is 11.5 Å². The molecule has 120 valence electrons. The standard InChI is InChI=1S/C16H21NO5/c1-3-16(4-2,9-15(19)20)17-14(18)8-11-5-6-12-13(7-11)22-10-21-12/h5-7H,3-4,8-10H2,1-2H3,(H,17,18)(H,19,20). The maximum absolute atomic E-state index is 12.3. The highest BCUT2D eigenvalue weighted by atomic mass is 16.7. The Balaban J connectivity index is 2.03. The molecule has 0 fully saturated rings. The first kappa shape index (κ1) is 16.1. The van der Waals surface area contributed by atoms with Crippen LogP contribution in [-0.2, 0) is 16.0 Å². The highest BCUT2D eigenvalue weighted by Crippen LogP contribution is 2.32. The van der Waals surface area contributed by atoms with Gasteiger partial charge in [-0.15, -0.1) is 0 Å². The van der Waals surface area contributed by atoms with Gasteiger partial charge in [-0.25, -0.2) is 0 Å². The van der Waals surface area contributed by atoms with E-state index in [1.807, 2.05) is 19.9 Å². The number of carbonyl (C=O) groups excluding carboxylic acids is 1. The Hall–Kier alpha value is -2.24. The van der Waals surface area contributed by atoms with E-state index in [0.717, 1.165) is 5.56 Å². The van der Waals surface area contributed by atoms with Crippen molar-refractivity contribution in [2.24, 2.45) is 0 Å². The monoisotopic (exact) mass is 307 g/mol. The SMILES string of the molecule is CCC(CC)(CC(=O)O)NC(=O)Cc1ccc2c(c1)OCO2. The zero-order chi connectivity index (χ0) is 16.2. The number of benzene rings is 1. The van der Waals surface area contributed by atoms with Crippen LogP contribution in [0.2, 0.25) is 0 Å². The molecule has 0 bridgehead atoms. The third kappa shape index (κ3) is 3.69. The number of aliphatic carboxylic acids is 1. The number of rotatable bonds is 7.